The van der Waals surface area contributed by atoms with Gasteiger partial charge in [-0.15, -0.1) is 0 Å². The first kappa shape index (κ1) is 11.9. The van der Waals surface area contributed by atoms with Crippen molar-refractivity contribution < 1.29 is 30.3 Å². The van der Waals surface area contributed by atoms with E-state index in [4.69, 9.17) is 30.3 Å². The Kier molecular flexibility index (Phi) is 9.69. The topological polar surface area (TPSA) is 118 Å². The predicted molar refractivity (Wildman–Crippen MR) is 30.8 cm³/mol. The molecule has 6 nitrogen and oxygen atoms in total. The normalized spacial score (nSPS) is 8.40. The van der Waals surface area contributed by atoms with Crippen LogP contribution in [-0.2, 0) is 0 Å². The molecule has 0 aromatic carbocycles. The van der Waals surface area contributed by atoms with Gasteiger partial charge in [-0.1, -0.05) is 0 Å². The largest absolute Gasteiger partial charge is 0.503 e. The Bertz CT molecular complexity index is 73.8. The van der Waals surface area contributed by atoms with Crippen LogP contribution in [0.15, 0.2) is 0 Å². The summed E-state index contributed by atoms with van der Waals surface area (Å²) in [6.45, 7) is -0.729. The second kappa shape index (κ2) is 8.15. The summed E-state index contributed by atoms with van der Waals surface area (Å²) in [6.07, 6.45) is -2.79. The van der Waals surface area contributed by atoms with Crippen molar-refractivity contribution in [2.75, 3.05) is 13.2 Å². The summed E-state index contributed by atoms with van der Waals surface area (Å²) in [5, 5.41) is 38.0. The molecule has 0 aromatic rings. The molecule has 0 unspecified atom stereocenters. The third-order valence-electron chi connectivity index (χ3n) is 0.421. The molecule has 0 amide bonds. The van der Waals surface area contributed by atoms with Gasteiger partial charge in [-0.3, -0.25) is 0 Å². The molecule has 10 heavy (non-hydrogen) atoms. The lowest BCUT2D eigenvalue weighted by molar-refractivity contribution is 0.0450. The Hall–Kier alpha value is -0.850. The minimum absolute atomic E-state index is 0.365. The predicted octanol–water partition coefficient (Wildman–Crippen LogP) is -1.45. The van der Waals surface area contributed by atoms with Crippen LogP contribution in [-0.4, -0.2) is 51.0 Å². The standard InChI is InChI=1S/C3H8O3.CH2O3/c4-1-3(6)2-5;2-1(3)4/h3-6H,1-2H2;(H2,2,3,4). The van der Waals surface area contributed by atoms with Crippen LogP contribution in [0.25, 0.3) is 0 Å². The Labute approximate surface area is 57.0 Å². The van der Waals surface area contributed by atoms with Crippen LogP contribution in [0.5, 0.6) is 0 Å². The third-order valence-corrected chi connectivity index (χ3v) is 0.421. The lowest BCUT2D eigenvalue weighted by atomic mass is 10.4. The van der Waals surface area contributed by atoms with E-state index >= 15 is 0 Å². The molecule has 0 aliphatic carbocycles. The van der Waals surface area contributed by atoms with Crippen LogP contribution in [0.4, 0.5) is 4.79 Å². The van der Waals surface area contributed by atoms with E-state index in [-0.39, 0.29) is 13.2 Å². The first-order valence-electron chi connectivity index (χ1n) is 2.36. The van der Waals surface area contributed by atoms with Gasteiger partial charge >= 0.3 is 6.16 Å². The lowest BCUT2D eigenvalue weighted by Gasteiger charge is -1.96. The quantitative estimate of drug-likeness (QED) is 0.332. The highest BCUT2D eigenvalue weighted by Gasteiger charge is 1.93. The molecule has 0 rings (SSSR count). The molecule has 0 spiro atoms. The van der Waals surface area contributed by atoms with E-state index in [9.17, 15) is 0 Å². The zero-order valence-electron chi connectivity index (χ0n) is 5.14. The van der Waals surface area contributed by atoms with Crippen molar-refractivity contribution in [3.63, 3.8) is 0 Å². The molecule has 0 aliphatic heterocycles. The number of carbonyl (C=O) groups is 1. The van der Waals surface area contributed by atoms with Crippen LogP contribution in [0.2, 0.25) is 0 Å². The number of aliphatic hydroxyl groups is 3. The van der Waals surface area contributed by atoms with Crippen LogP contribution in [0.1, 0.15) is 0 Å². The first-order valence-corrected chi connectivity index (χ1v) is 2.36. The van der Waals surface area contributed by atoms with E-state index in [0.717, 1.165) is 0 Å². The van der Waals surface area contributed by atoms with Gasteiger partial charge in [0.15, 0.2) is 0 Å². The first-order chi connectivity index (χ1) is 4.54. The average Bonchev–Trinajstić information content (AvgIpc) is 1.85. The molecule has 0 aliphatic rings. The van der Waals surface area contributed by atoms with Crippen molar-refractivity contribution in [3.8, 4) is 0 Å². The fraction of sp³-hybridized carbons (Fsp3) is 0.750. The minimum atomic E-state index is -1.83. The molecular formula is C4H10O6. The van der Waals surface area contributed by atoms with Gasteiger partial charge in [-0.05, 0) is 0 Å². The smallest absolute Gasteiger partial charge is 0.450 e. The van der Waals surface area contributed by atoms with Gasteiger partial charge in [0.25, 0.3) is 0 Å². The average molecular weight is 154 g/mol. The Morgan fingerprint density at radius 2 is 1.40 bits per heavy atom. The van der Waals surface area contributed by atoms with Crippen LogP contribution < -0.4 is 0 Å². The van der Waals surface area contributed by atoms with Gasteiger partial charge in [0, 0.05) is 0 Å². The summed E-state index contributed by atoms with van der Waals surface area (Å²) in [5.74, 6) is 0. The maximum Gasteiger partial charge on any atom is 0.503 e. The van der Waals surface area contributed by atoms with Crippen molar-refractivity contribution in [2.45, 2.75) is 6.10 Å². The van der Waals surface area contributed by atoms with Crippen LogP contribution in [0, 0.1) is 0 Å². The van der Waals surface area contributed by atoms with Crippen molar-refractivity contribution in [1.29, 1.82) is 0 Å². The molecule has 0 bridgehead atoms. The van der Waals surface area contributed by atoms with Crippen molar-refractivity contribution in [2.24, 2.45) is 0 Å². The van der Waals surface area contributed by atoms with Crippen LogP contribution >= 0.6 is 0 Å². The van der Waals surface area contributed by atoms with Gasteiger partial charge in [-0.25, -0.2) is 4.79 Å². The summed E-state index contributed by atoms with van der Waals surface area (Å²) in [6, 6.07) is 0. The second-order valence-electron chi connectivity index (χ2n) is 1.30. The second-order valence-corrected chi connectivity index (χ2v) is 1.30. The SMILES string of the molecule is O=C(O)O.OCC(O)CO. The van der Waals surface area contributed by atoms with Crippen molar-refractivity contribution >= 4 is 6.16 Å². The molecule has 0 fully saturated rings. The molecule has 0 radical (unpaired) electrons. The van der Waals surface area contributed by atoms with Gasteiger partial charge in [-0.2, -0.15) is 0 Å². The zero-order chi connectivity index (χ0) is 8.57. The van der Waals surface area contributed by atoms with E-state index in [1.807, 2.05) is 0 Å². The molecule has 0 heterocycles. The maximum absolute atomic E-state index is 8.56. The van der Waals surface area contributed by atoms with E-state index in [1.165, 1.54) is 0 Å². The summed E-state index contributed by atoms with van der Waals surface area (Å²) in [7, 11) is 0. The van der Waals surface area contributed by atoms with Gasteiger partial charge in [0.2, 0.25) is 0 Å². The van der Waals surface area contributed by atoms with E-state index < -0.39 is 12.3 Å². The van der Waals surface area contributed by atoms with Crippen LogP contribution in [0.3, 0.4) is 0 Å². The molecule has 0 aromatic heterocycles. The zero-order valence-corrected chi connectivity index (χ0v) is 5.14. The lowest BCUT2D eigenvalue weighted by Crippen LogP contribution is -2.15. The van der Waals surface area contributed by atoms with Gasteiger partial charge in [0.1, 0.15) is 6.10 Å². The molecule has 62 valence electrons. The van der Waals surface area contributed by atoms with E-state index in [0.29, 0.717) is 0 Å². The maximum atomic E-state index is 8.56. The highest BCUT2D eigenvalue weighted by Crippen LogP contribution is 1.71. The Morgan fingerprint density at radius 1 is 1.20 bits per heavy atom. The monoisotopic (exact) mass is 154 g/mol. The fourth-order valence-electron chi connectivity index (χ4n) is 0.0577. The summed E-state index contributed by atoms with van der Waals surface area (Å²) in [4.78, 5) is 8.56. The van der Waals surface area contributed by atoms with Gasteiger partial charge < -0.3 is 25.5 Å². The minimum Gasteiger partial charge on any atom is -0.450 e. The van der Waals surface area contributed by atoms with E-state index in [1.54, 1.807) is 0 Å². The summed E-state index contributed by atoms with van der Waals surface area (Å²) >= 11 is 0. The number of rotatable bonds is 2. The Morgan fingerprint density at radius 3 is 1.40 bits per heavy atom. The number of carboxylic acid groups (broad SMARTS) is 2. The third kappa shape index (κ3) is 27.3. The fourth-order valence-corrected chi connectivity index (χ4v) is 0.0577. The summed E-state index contributed by atoms with van der Waals surface area (Å²) < 4.78 is 0. The molecule has 0 saturated carbocycles. The molecular weight excluding hydrogens is 144 g/mol. The van der Waals surface area contributed by atoms with E-state index in [2.05, 4.69) is 0 Å². The van der Waals surface area contributed by atoms with Crippen molar-refractivity contribution in [3.05, 3.63) is 0 Å². The van der Waals surface area contributed by atoms with Gasteiger partial charge in [0.05, 0.1) is 13.2 Å². The highest BCUT2D eigenvalue weighted by molar-refractivity contribution is 5.53. The molecule has 0 atom stereocenters. The summed E-state index contributed by atoms with van der Waals surface area (Å²) in [5.41, 5.74) is 0. The highest BCUT2D eigenvalue weighted by atomic mass is 16.6. The number of hydrogen-bond donors (Lipinski definition) is 5. The van der Waals surface area contributed by atoms with Crippen molar-refractivity contribution in [1.82, 2.24) is 0 Å². The molecule has 6 heteroatoms. The Balaban J connectivity index is 0. The molecule has 5 N–H and O–H groups in total. The number of aliphatic hydroxyl groups excluding tert-OH is 3. The molecule has 0 saturated heterocycles. The number of hydrogen-bond acceptors (Lipinski definition) is 4.